The van der Waals surface area contributed by atoms with Gasteiger partial charge in [-0.25, -0.2) is 23.5 Å². The lowest BCUT2D eigenvalue weighted by Crippen LogP contribution is -2.49. The van der Waals surface area contributed by atoms with Crippen LogP contribution in [-0.2, 0) is 6.54 Å². The molecule has 1 saturated heterocycles. The Labute approximate surface area is 197 Å². The van der Waals surface area contributed by atoms with Crippen molar-refractivity contribution in [1.82, 2.24) is 24.4 Å². The summed E-state index contributed by atoms with van der Waals surface area (Å²) in [6, 6.07) is 9.55. The van der Waals surface area contributed by atoms with Crippen molar-refractivity contribution in [2.45, 2.75) is 6.54 Å². The number of nitrogens with one attached hydrogen (secondary N) is 1. The van der Waals surface area contributed by atoms with Crippen molar-refractivity contribution in [3.8, 4) is 0 Å². The summed E-state index contributed by atoms with van der Waals surface area (Å²) in [5.41, 5.74) is -1.30. The minimum Gasteiger partial charge on any atom is -0.337 e. The first kappa shape index (κ1) is 22.4. The number of H-pyrrole nitrogens is 1. The van der Waals surface area contributed by atoms with Crippen molar-refractivity contribution in [1.29, 1.82) is 0 Å². The number of piperazine rings is 1. The van der Waals surface area contributed by atoms with Crippen LogP contribution >= 0.6 is 0 Å². The highest BCUT2D eigenvalue weighted by atomic mass is 19.1. The molecule has 0 saturated carbocycles. The normalized spacial score (nSPS) is 13.9. The van der Waals surface area contributed by atoms with Gasteiger partial charge in [0.05, 0.1) is 17.4 Å². The van der Waals surface area contributed by atoms with Gasteiger partial charge in [-0.15, -0.1) is 0 Å². The maximum absolute atomic E-state index is 14.7. The van der Waals surface area contributed by atoms with Crippen LogP contribution in [0.15, 0.2) is 64.4 Å². The van der Waals surface area contributed by atoms with E-state index in [1.165, 1.54) is 24.3 Å². The van der Waals surface area contributed by atoms with Crippen molar-refractivity contribution < 1.29 is 13.6 Å². The third-order valence-electron chi connectivity index (χ3n) is 6.00. The number of hydrogen-bond acceptors (Lipinski definition) is 6. The van der Waals surface area contributed by atoms with Gasteiger partial charge >= 0.3 is 5.69 Å². The highest BCUT2D eigenvalue weighted by molar-refractivity contribution is 5.94. The molecule has 1 aliphatic rings. The topological polar surface area (TPSA) is 104 Å². The molecule has 3 heterocycles. The molecule has 0 radical (unpaired) electrons. The Morgan fingerprint density at radius 2 is 1.69 bits per heavy atom. The number of aromatic amines is 1. The molecule has 11 heteroatoms. The third kappa shape index (κ3) is 4.27. The van der Waals surface area contributed by atoms with E-state index in [9.17, 15) is 23.2 Å². The molecular weight excluding hydrogens is 458 g/mol. The summed E-state index contributed by atoms with van der Waals surface area (Å²) in [6.45, 7) is 1.68. The first-order valence-corrected chi connectivity index (χ1v) is 10.9. The molecule has 0 aliphatic carbocycles. The summed E-state index contributed by atoms with van der Waals surface area (Å²) in [5.74, 6) is -1.10. The Kier molecular flexibility index (Phi) is 5.81. The predicted molar refractivity (Wildman–Crippen MR) is 124 cm³/mol. The first-order valence-electron chi connectivity index (χ1n) is 10.9. The number of benzene rings is 2. The molecule has 4 aromatic rings. The van der Waals surface area contributed by atoms with Gasteiger partial charge in [0, 0.05) is 49.7 Å². The molecule has 0 spiro atoms. The van der Waals surface area contributed by atoms with Crippen LogP contribution in [-0.4, -0.2) is 56.5 Å². The molecule has 0 unspecified atom stereocenters. The third-order valence-corrected chi connectivity index (χ3v) is 6.00. The highest BCUT2D eigenvalue weighted by Gasteiger charge is 2.24. The van der Waals surface area contributed by atoms with E-state index in [0.29, 0.717) is 32.1 Å². The molecular formula is C24H20F2N6O3. The maximum Gasteiger partial charge on any atom is 0.329 e. The lowest BCUT2D eigenvalue weighted by molar-refractivity contribution is 0.0746. The second-order valence-corrected chi connectivity index (χ2v) is 8.11. The van der Waals surface area contributed by atoms with Gasteiger partial charge in [-0.05, 0) is 36.4 Å². The average molecular weight is 478 g/mol. The van der Waals surface area contributed by atoms with E-state index in [1.807, 2.05) is 4.90 Å². The first-order chi connectivity index (χ1) is 16.9. The summed E-state index contributed by atoms with van der Waals surface area (Å²) >= 11 is 0. The number of nitrogens with zero attached hydrogens (tertiary/aromatic N) is 5. The van der Waals surface area contributed by atoms with E-state index < -0.39 is 22.9 Å². The largest absolute Gasteiger partial charge is 0.337 e. The lowest BCUT2D eigenvalue weighted by atomic mass is 10.1. The van der Waals surface area contributed by atoms with Gasteiger partial charge in [-0.2, -0.15) is 0 Å². The fourth-order valence-electron chi connectivity index (χ4n) is 4.20. The number of aromatic nitrogens is 4. The monoisotopic (exact) mass is 478 g/mol. The number of amides is 1. The van der Waals surface area contributed by atoms with Crippen LogP contribution in [0.2, 0.25) is 0 Å². The Balaban J connectivity index is 1.40. The Morgan fingerprint density at radius 1 is 0.943 bits per heavy atom. The molecule has 0 bridgehead atoms. The fraction of sp³-hybridized carbons (Fsp3) is 0.208. The number of rotatable bonds is 4. The quantitative estimate of drug-likeness (QED) is 0.480. The van der Waals surface area contributed by atoms with E-state index in [0.717, 1.165) is 16.7 Å². The van der Waals surface area contributed by atoms with Crippen LogP contribution in [0.1, 0.15) is 15.9 Å². The van der Waals surface area contributed by atoms with Gasteiger partial charge < -0.3 is 9.80 Å². The van der Waals surface area contributed by atoms with Gasteiger partial charge in [-0.1, -0.05) is 6.07 Å². The van der Waals surface area contributed by atoms with Crippen molar-refractivity contribution in [2.24, 2.45) is 0 Å². The van der Waals surface area contributed by atoms with Crippen molar-refractivity contribution in [2.75, 3.05) is 31.1 Å². The van der Waals surface area contributed by atoms with E-state index in [2.05, 4.69) is 15.0 Å². The standard InChI is InChI=1S/C24H20F2N6O3/c25-17-6-5-15(22(34)30-9-11-31(12-10-30)23-27-7-2-8-28-23)13-16(17)14-32-19-4-1-3-18(26)20(19)21(33)29-24(32)35/h1-8,13H,9-12,14H2,(H,29,33,35). The predicted octanol–water partition coefficient (Wildman–Crippen LogP) is 1.77. The summed E-state index contributed by atoms with van der Waals surface area (Å²) in [5, 5.41) is -0.292. The molecule has 35 heavy (non-hydrogen) atoms. The number of anilines is 1. The zero-order valence-corrected chi connectivity index (χ0v) is 18.4. The molecule has 1 amide bonds. The van der Waals surface area contributed by atoms with Crippen LogP contribution in [0.25, 0.3) is 10.9 Å². The highest BCUT2D eigenvalue weighted by Crippen LogP contribution is 2.18. The molecule has 178 valence electrons. The summed E-state index contributed by atoms with van der Waals surface area (Å²) in [7, 11) is 0. The number of hydrogen-bond donors (Lipinski definition) is 1. The molecule has 2 aromatic carbocycles. The van der Waals surface area contributed by atoms with Gasteiger partial charge in [0.25, 0.3) is 11.5 Å². The molecule has 0 atom stereocenters. The maximum atomic E-state index is 14.7. The van der Waals surface area contributed by atoms with Crippen molar-refractivity contribution >= 4 is 22.8 Å². The smallest absolute Gasteiger partial charge is 0.329 e. The van der Waals surface area contributed by atoms with Crippen LogP contribution in [0.4, 0.5) is 14.7 Å². The van der Waals surface area contributed by atoms with Gasteiger partial charge in [0.1, 0.15) is 11.6 Å². The average Bonchev–Trinajstić information content (AvgIpc) is 2.87. The second-order valence-electron chi connectivity index (χ2n) is 8.11. The van der Waals surface area contributed by atoms with Gasteiger partial charge in [0.2, 0.25) is 5.95 Å². The summed E-state index contributed by atoms with van der Waals surface area (Å²) in [4.78, 5) is 51.8. The summed E-state index contributed by atoms with van der Waals surface area (Å²) < 4.78 is 30.0. The van der Waals surface area contributed by atoms with Gasteiger partial charge in [-0.3, -0.25) is 19.1 Å². The number of carbonyl (C=O) groups excluding carboxylic acids is 1. The Morgan fingerprint density at radius 3 is 2.43 bits per heavy atom. The van der Waals surface area contributed by atoms with E-state index in [-0.39, 0.29) is 34.5 Å². The summed E-state index contributed by atoms with van der Waals surface area (Å²) in [6.07, 6.45) is 3.32. The number of halogens is 2. The molecule has 1 aliphatic heterocycles. The van der Waals surface area contributed by atoms with E-state index >= 15 is 0 Å². The Bertz CT molecular complexity index is 1530. The number of carbonyl (C=O) groups is 1. The molecule has 5 rings (SSSR count). The minimum absolute atomic E-state index is 0.0362. The zero-order valence-electron chi connectivity index (χ0n) is 18.4. The second kappa shape index (κ2) is 9.09. The van der Waals surface area contributed by atoms with Crippen LogP contribution in [0.3, 0.4) is 0 Å². The lowest BCUT2D eigenvalue weighted by Gasteiger charge is -2.34. The number of fused-ring (bicyclic) bond motifs is 1. The molecule has 2 aromatic heterocycles. The minimum atomic E-state index is -0.858. The Hall–Kier alpha value is -4.41. The van der Waals surface area contributed by atoms with Crippen molar-refractivity contribution in [3.63, 3.8) is 0 Å². The van der Waals surface area contributed by atoms with E-state index in [1.54, 1.807) is 23.4 Å². The van der Waals surface area contributed by atoms with Gasteiger partial charge in [0.15, 0.2) is 0 Å². The molecule has 1 N–H and O–H groups in total. The zero-order chi connectivity index (χ0) is 24.5. The molecule has 1 fully saturated rings. The van der Waals surface area contributed by atoms with Crippen molar-refractivity contribution in [3.05, 3.63) is 98.5 Å². The van der Waals surface area contributed by atoms with E-state index in [4.69, 9.17) is 0 Å². The van der Waals surface area contributed by atoms with Crippen LogP contribution in [0, 0.1) is 11.6 Å². The SMILES string of the molecule is O=C(c1ccc(F)c(Cn2c(=O)[nH]c(=O)c3c(F)cccc32)c1)N1CCN(c2ncccn2)CC1. The fourth-order valence-corrected chi connectivity index (χ4v) is 4.20. The van der Waals surface area contributed by atoms with Crippen LogP contribution < -0.4 is 16.1 Å². The van der Waals surface area contributed by atoms with Crippen LogP contribution in [0.5, 0.6) is 0 Å². The molecule has 9 nitrogen and oxygen atoms in total.